The van der Waals surface area contributed by atoms with E-state index in [1.54, 1.807) is 0 Å². The topological polar surface area (TPSA) is 37.4 Å². The Labute approximate surface area is 117 Å². The summed E-state index contributed by atoms with van der Waals surface area (Å²) in [5, 5.41) is 0. The first kappa shape index (κ1) is 17.0. The Morgan fingerprint density at radius 1 is 1.20 bits per heavy atom. The fraction of sp³-hybridized carbons (Fsp3) is 0.538. The molecule has 0 atom stereocenters. The summed E-state index contributed by atoms with van der Waals surface area (Å²) in [5.74, 6) is 0. The van der Waals surface area contributed by atoms with Crippen molar-refractivity contribution in [2.24, 2.45) is 0 Å². The second kappa shape index (κ2) is 6.13. The zero-order valence-corrected chi connectivity index (χ0v) is 12.5. The van der Waals surface area contributed by atoms with Gasteiger partial charge in [-0.25, -0.2) is 12.7 Å². The molecule has 0 aliphatic carbocycles. The molecule has 1 aromatic carbocycles. The molecule has 0 aliphatic rings. The monoisotopic (exact) mass is 309 g/mol. The molecular weight excluding hydrogens is 291 g/mol. The minimum atomic E-state index is -4.56. The predicted octanol–water partition coefficient (Wildman–Crippen LogP) is 3.43. The van der Waals surface area contributed by atoms with Crippen LogP contribution in [0.1, 0.15) is 30.9 Å². The van der Waals surface area contributed by atoms with E-state index in [-0.39, 0.29) is 17.0 Å². The van der Waals surface area contributed by atoms with Crippen molar-refractivity contribution in [3.8, 4) is 0 Å². The third-order valence-corrected chi connectivity index (χ3v) is 4.75. The highest BCUT2D eigenvalue weighted by atomic mass is 32.2. The molecule has 0 heterocycles. The number of unbranched alkanes of at least 4 members (excludes halogenated alkanes) is 1. The first-order chi connectivity index (χ1) is 9.09. The largest absolute Gasteiger partial charge is 0.416 e. The lowest BCUT2D eigenvalue weighted by Gasteiger charge is -2.18. The Bertz CT molecular complexity index is 567. The molecule has 1 aromatic rings. The van der Waals surface area contributed by atoms with Gasteiger partial charge in [-0.05, 0) is 37.1 Å². The van der Waals surface area contributed by atoms with Gasteiger partial charge in [0.2, 0.25) is 10.0 Å². The third-order valence-electron chi connectivity index (χ3n) is 2.91. The zero-order chi connectivity index (χ0) is 15.6. The summed E-state index contributed by atoms with van der Waals surface area (Å²) in [6.07, 6.45) is -3.09. The number of sulfonamides is 1. The van der Waals surface area contributed by atoms with Crippen LogP contribution in [0, 0.1) is 6.92 Å². The molecule has 1 rings (SSSR count). The maximum atomic E-state index is 12.7. The van der Waals surface area contributed by atoms with Crippen LogP contribution >= 0.6 is 0 Å². The Morgan fingerprint density at radius 2 is 1.80 bits per heavy atom. The van der Waals surface area contributed by atoms with Crippen molar-refractivity contribution in [1.82, 2.24) is 4.31 Å². The van der Waals surface area contributed by atoms with Crippen molar-refractivity contribution in [2.75, 3.05) is 13.6 Å². The lowest BCUT2D eigenvalue weighted by atomic mass is 10.1. The Hall–Kier alpha value is -1.08. The number of nitrogens with zero attached hydrogens (tertiary/aromatic N) is 1. The van der Waals surface area contributed by atoms with Crippen LogP contribution in [0.5, 0.6) is 0 Å². The summed E-state index contributed by atoms with van der Waals surface area (Å²) in [4.78, 5) is -0.316. The number of benzene rings is 1. The first-order valence-corrected chi connectivity index (χ1v) is 7.68. The van der Waals surface area contributed by atoms with Crippen molar-refractivity contribution >= 4 is 10.0 Å². The van der Waals surface area contributed by atoms with Crippen molar-refractivity contribution in [3.63, 3.8) is 0 Å². The SMILES string of the molecule is CCCCN(C)S(=O)(=O)c1cc(C)cc(C(F)(F)F)c1. The van der Waals surface area contributed by atoms with Gasteiger partial charge < -0.3 is 0 Å². The van der Waals surface area contributed by atoms with Crippen molar-refractivity contribution < 1.29 is 21.6 Å². The number of hydrogen-bond acceptors (Lipinski definition) is 2. The summed E-state index contributed by atoms with van der Waals surface area (Å²) in [6.45, 7) is 3.64. The van der Waals surface area contributed by atoms with Gasteiger partial charge in [-0.1, -0.05) is 13.3 Å². The molecule has 20 heavy (non-hydrogen) atoms. The van der Waals surface area contributed by atoms with Crippen molar-refractivity contribution in [1.29, 1.82) is 0 Å². The van der Waals surface area contributed by atoms with Gasteiger partial charge in [-0.3, -0.25) is 0 Å². The minimum absolute atomic E-state index is 0.266. The predicted molar refractivity (Wildman–Crippen MR) is 70.9 cm³/mol. The van der Waals surface area contributed by atoms with E-state index in [2.05, 4.69) is 0 Å². The number of rotatable bonds is 5. The van der Waals surface area contributed by atoms with E-state index in [4.69, 9.17) is 0 Å². The van der Waals surface area contributed by atoms with Gasteiger partial charge >= 0.3 is 6.18 Å². The van der Waals surface area contributed by atoms with Crippen LogP contribution < -0.4 is 0 Å². The van der Waals surface area contributed by atoms with Gasteiger partial charge in [-0.15, -0.1) is 0 Å². The van der Waals surface area contributed by atoms with E-state index in [0.29, 0.717) is 12.5 Å². The molecule has 0 aliphatic heterocycles. The molecule has 0 aromatic heterocycles. The van der Waals surface area contributed by atoms with E-state index in [9.17, 15) is 21.6 Å². The highest BCUT2D eigenvalue weighted by Crippen LogP contribution is 2.32. The van der Waals surface area contributed by atoms with Crippen molar-refractivity contribution in [3.05, 3.63) is 29.3 Å². The number of aryl methyl sites for hydroxylation is 1. The van der Waals surface area contributed by atoms with E-state index >= 15 is 0 Å². The third kappa shape index (κ3) is 3.96. The highest BCUT2D eigenvalue weighted by molar-refractivity contribution is 7.89. The van der Waals surface area contributed by atoms with Crippen LogP contribution in [0.3, 0.4) is 0 Å². The summed E-state index contributed by atoms with van der Waals surface area (Å²) in [7, 11) is -2.51. The van der Waals surface area contributed by atoms with E-state index in [0.717, 1.165) is 16.8 Å². The highest BCUT2D eigenvalue weighted by Gasteiger charge is 2.32. The van der Waals surface area contributed by atoms with Gasteiger partial charge in [0.25, 0.3) is 0 Å². The molecular formula is C13H18F3NO2S. The van der Waals surface area contributed by atoms with E-state index in [1.807, 2.05) is 6.92 Å². The molecule has 3 nitrogen and oxygen atoms in total. The summed E-state index contributed by atoms with van der Waals surface area (Å²) < 4.78 is 63.7. The molecule has 0 fully saturated rings. The molecule has 0 saturated carbocycles. The van der Waals surface area contributed by atoms with E-state index in [1.165, 1.54) is 20.0 Å². The average molecular weight is 309 g/mol. The number of halogens is 3. The molecule has 0 unspecified atom stereocenters. The van der Waals surface area contributed by atoms with Gasteiger partial charge in [0, 0.05) is 13.6 Å². The fourth-order valence-corrected chi connectivity index (χ4v) is 3.08. The summed E-state index contributed by atoms with van der Waals surface area (Å²) >= 11 is 0. The van der Waals surface area contributed by atoms with Crippen LogP contribution in [-0.2, 0) is 16.2 Å². The number of hydrogen-bond donors (Lipinski definition) is 0. The molecule has 0 bridgehead atoms. The Balaban J connectivity index is 3.22. The minimum Gasteiger partial charge on any atom is -0.207 e. The molecule has 0 saturated heterocycles. The van der Waals surface area contributed by atoms with Crippen LogP contribution in [0.25, 0.3) is 0 Å². The smallest absolute Gasteiger partial charge is 0.207 e. The van der Waals surface area contributed by atoms with Crippen LogP contribution in [-0.4, -0.2) is 26.3 Å². The van der Waals surface area contributed by atoms with Gasteiger partial charge in [0.05, 0.1) is 10.5 Å². The molecule has 0 N–H and O–H groups in total. The van der Waals surface area contributed by atoms with Crippen LogP contribution in [0.2, 0.25) is 0 Å². The lowest BCUT2D eigenvalue weighted by molar-refractivity contribution is -0.137. The van der Waals surface area contributed by atoms with Gasteiger partial charge in [0.1, 0.15) is 0 Å². The molecule has 0 spiro atoms. The average Bonchev–Trinajstić information content (AvgIpc) is 2.33. The fourth-order valence-electron chi connectivity index (χ4n) is 1.74. The second-order valence-corrected chi connectivity index (χ2v) is 6.76. The van der Waals surface area contributed by atoms with Crippen molar-refractivity contribution in [2.45, 2.75) is 37.8 Å². The normalized spacial score (nSPS) is 12.9. The quantitative estimate of drug-likeness (QED) is 0.835. The second-order valence-electron chi connectivity index (χ2n) is 4.71. The maximum absolute atomic E-state index is 12.7. The molecule has 0 radical (unpaired) electrons. The zero-order valence-electron chi connectivity index (χ0n) is 11.7. The van der Waals surface area contributed by atoms with Crippen LogP contribution in [0.4, 0.5) is 13.2 Å². The Kier molecular flexibility index (Phi) is 5.21. The van der Waals surface area contributed by atoms with Gasteiger partial charge in [0.15, 0.2) is 0 Å². The molecule has 7 heteroatoms. The summed E-state index contributed by atoms with van der Waals surface area (Å²) in [5.41, 5.74) is -0.678. The Morgan fingerprint density at radius 3 is 2.30 bits per heavy atom. The molecule has 0 amide bonds. The lowest BCUT2D eigenvalue weighted by Crippen LogP contribution is -2.28. The van der Waals surface area contributed by atoms with E-state index < -0.39 is 21.8 Å². The standard InChI is InChI=1S/C13H18F3NO2S/c1-4-5-6-17(3)20(18,19)12-8-10(2)7-11(9-12)13(14,15)16/h7-9H,4-6H2,1-3H3. The number of alkyl halides is 3. The molecule has 114 valence electrons. The van der Waals surface area contributed by atoms with Gasteiger partial charge in [-0.2, -0.15) is 13.2 Å². The summed E-state index contributed by atoms with van der Waals surface area (Å²) in [6, 6.07) is 2.88. The first-order valence-electron chi connectivity index (χ1n) is 6.24. The maximum Gasteiger partial charge on any atom is 0.416 e. The van der Waals surface area contributed by atoms with Crippen LogP contribution in [0.15, 0.2) is 23.1 Å².